The second-order valence-corrected chi connectivity index (χ2v) is 5.28. The summed E-state index contributed by atoms with van der Waals surface area (Å²) in [6.45, 7) is 0. The number of aromatic amines is 1. The number of H-pyrrole nitrogens is 1. The molecule has 0 aliphatic heterocycles. The van der Waals surface area contributed by atoms with Gasteiger partial charge in [-0.2, -0.15) is 0 Å². The van der Waals surface area contributed by atoms with Gasteiger partial charge in [0.15, 0.2) is 5.58 Å². The molecule has 0 saturated heterocycles. The molecule has 0 spiro atoms. The van der Waals surface area contributed by atoms with Gasteiger partial charge in [-0.1, -0.05) is 12.1 Å². The Kier molecular flexibility index (Phi) is 3.19. The molecule has 3 aromatic rings. The van der Waals surface area contributed by atoms with Crippen LogP contribution in [0.2, 0.25) is 0 Å². The smallest absolute Gasteiger partial charge is 0.408 e. The van der Waals surface area contributed by atoms with Gasteiger partial charge >= 0.3 is 5.76 Å². The van der Waals surface area contributed by atoms with E-state index in [0.717, 1.165) is 5.56 Å². The second kappa shape index (κ2) is 4.88. The fraction of sp³-hybridized carbons (Fsp3) is 0.0714. The first-order valence-corrected chi connectivity index (χ1v) is 6.67. The SMILES string of the molecule is NC(c1ccc(Br)c(F)c1)c1ccc2[nH]c(=O)oc2c1. The molecule has 0 amide bonds. The lowest BCUT2D eigenvalue weighted by atomic mass is 9.99. The Labute approximate surface area is 121 Å². The molecule has 1 heterocycles. The predicted molar refractivity (Wildman–Crippen MR) is 77.0 cm³/mol. The number of fused-ring (bicyclic) bond motifs is 1. The third-order valence-electron chi connectivity index (χ3n) is 3.11. The molecule has 3 N–H and O–H groups in total. The minimum atomic E-state index is -0.514. The largest absolute Gasteiger partial charge is 0.417 e. The summed E-state index contributed by atoms with van der Waals surface area (Å²) in [5, 5.41) is 0. The molecule has 4 nitrogen and oxygen atoms in total. The van der Waals surface area contributed by atoms with Gasteiger partial charge in [0.2, 0.25) is 0 Å². The van der Waals surface area contributed by atoms with Crippen molar-refractivity contribution in [1.29, 1.82) is 0 Å². The summed E-state index contributed by atoms with van der Waals surface area (Å²) in [4.78, 5) is 13.7. The molecule has 0 radical (unpaired) electrons. The van der Waals surface area contributed by atoms with Crippen molar-refractivity contribution in [3.8, 4) is 0 Å². The van der Waals surface area contributed by atoms with Crippen molar-refractivity contribution in [3.05, 3.63) is 68.4 Å². The number of benzene rings is 2. The van der Waals surface area contributed by atoms with Crippen LogP contribution in [-0.4, -0.2) is 4.98 Å². The van der Waals surface area contributed by atoms with Crippen LogP contribution in [0.5, 0.6) is 0 Å². The highest BCUT2D eigenvalue weighted by Gasteiger charge is 2.13. The van der Waals surface area contributed by atoms with Gasteiger partial charge in [-0.25, -0.2) is 9.18 Å². The molecule has 6 heteroatoms. The van der Waals surface area contributed by atoms with Crippen molar-refractivity contribution in [1.82, 2.24) is 4.98 Å². The molecule has 1 aromatic heterocycles. The number of halogens is 2. The Morgan fingerprint density at radius 2 is 1.90 bits per heavy atom. The Morgan fingerprint density at radius 1 is 1.20 bits per heavy atom. The van der Waals surface area contributed by atoms with Gasteiger partial charge in [0.1, 0.15) is 5.82 Å². The Balaban J connectivity index is 2.04. The van der Waals surface area contributed by atoms with Crippen molar-refractivity contribution < 1.29 is 8.81 Å². The summed E-state index contributed by atoms with van der Waals surface area (Å²) in [6, 6.07) is 9.41. The standard InChI is InChI=1S/C14H10BrFN2O2/c15-9-3-1-7(5-10(9)16)13(17)8-2-4-11-12(6-8)20-14(19)18-11/h1-6,13H,17H2,(H,18,19). The van der Waals surface area contributed by atoms with Crippen molar-refractivity contribution in [2.24, 2.45) is 5.73 Å². The number of nitrogens with one attached hydrogen (secondary N) is 1. The van der Waals surface area contributed by atoms with E-state index in [1.54, 1.807) is 30.3 Å². The van der Waals surface area contributed by atoms with Gasteiger partial charge in [-0.15, -0.1) is 0 Å². The topological polar surface area (TPSA) is 72.0 Å². The van der Waals surface area contributed by atoms with E-state index >= 15 is 0 Å². The highest BCUT2D eigenvalue weighted by atomic mass is 79.9. The molecule has 3 rings (SSSR count). The van der Waals surface area contributed by atoms with E-state index < -0.39 is 11.8 Å². The van der Waals surface area contributed by atoms with Gasteiger partial charge in [0.05, 0.1) is 16.0 Å². The third-order valence-corrected chi connectivity index (χ3v) is 3.75. The molecule has 0 fully saturated rings. The lowest BCUT2D eigenvalue weighted by Gasteiger charge is -2.12. The van der Waals surface area contributed by atoms with Gasteiger partial charge in [-0.05, 0) is 51.3 Å². The summed E-state index contributed by atoms with van der Waals surface area (Å²) in [6.07, 6.45) is 0. The van der Waals surface area contributed by atoms with Crippen LogP contribution in [0.25, 0.3) is 11.1 Å². The zero-order valence-electron chi connectivity index (χ0n) is 10.2. The van der Waals surface area contributed by atoms with E-state index in [9.17, 15) is 9.18 Å². The van der Waals surface area contributed by atoms with Crippen LogP contribution in [0.4, 0.5) is 4.39 Å². The Morgan fingerprint density at radius 3 is 2.65 bits per heavy atom. The van der Waals surface area contributed by atoms with Gasteiger partial charge in [-0.3, -0.25) is 4.98 Å². The van der Waals surface area contributed by atoms with Crippen LogP contribution in [-0.2, 0) is 0 Å². The van der Waals surface area contributed by atoms with Gasteiger partial charge in [0.25, 0.3) is 0 Å². The van der Waals surface area contributed by atoms with Crippen molar-refractivity contribution in [2.45, 2.75) is 6.04 Å². The molecular formula is C14H10BrFN2O2. The fourth-order valence-corrected chi connectivity index (χ4v) is 2.30. The van der Waals surface area contributed by atoms with Crippen LogP contribution in [0.3, 0.4) is 0 Å². The van der Waals surface area contributed by atoms with Crippen molar-refractivity contribution in [3.63, 3.8) is 0 Å². The van der Waals surface area contributed by atoms with E-state index in [1.165, 1.54) is 6.07 Å². The van der Waals surface area contributed by atoms with Crippen LogP contribution < -0.4 is 11.5 Å². The molecule has 0 bridgehead atoms. The summed E-state index contributed by atoms with van der Waals surface area (Å²) in [5.74, 6) is -0.882. The molecule has 2 aromatic carbocycles. The summed E-state index contributed by atoms with van der Waals surface area (Å²) in [5.41, 5.74) is 8.54. The predicted octanol–water partition coefficient (Wildman–Crippen LogP) is 3.07. The maximum Gasteiger partial charge on any atom is 0.417 e. The average Bonchev–Trinajstić information content (AvgIpc) is 2.80. The average molecular weight is 337 g/mol. The number of hydrogen-bond donors (Lipinski definition) is 2. The first kappa shape index (κ1) is 13.1. The summed E-state index contributed by atoms with van der Waals surface area (Å²) in [7, 11) is 0. The molecule has 20 heavy (non-hydrogen) atoms. The normalized spacial score (nSPS) is 12.8. The minimum absolute atomic E-state index is 0.368. The molecule has 102 valence electrons. The molecule has 0 saturated carbocycles. The first-order chi connectivity index (χ1) is 9.54. The number of rotatable bonds is 2. The van der Waals surface area contributed by atoms with Gasteiger partial charge in [0, 0.05) is 0 Å². The van der Waals surface area contributed by atoms with Crippen LogP contribution in [0.1, 0.15) is 17.2 Å². The number of hydrogen-bond acceptors (Lipinski definition) is 3. The van der Waals surface area contributed by atoms with Crippen LogP contribution in [0, 0.1) is 5.82 Å². The monoisotopic (exact) mass is 336 g/mol. The molecule has 1 atom stereocenters. The fourth-order valence-electron chi connectivity index (χ4n) is 2.05. The van der Waals surface area contributed by atoms with Crippen molar-refractivity contribution in [2.75, 3.05) is 0 Å². The number of nitrogens with two attached hydrogens (primary N) is 1. The minimum Gasteiger partial charge on any atom is -0.408 e. The second-order valence-electron chi connectivity index (χ2n) is 4.42. The lowest BCUT2D eigenvalue weighted by Crippen LogP contribution is -2.12. The van der Waals surface area contributed by atoms with Crippen LogP contribution in [0.15, 0.2) is 50.1 Å². The number of aromatic nitrogens is 1. The molecular weight excluding hydrogens is 327 g/mol. The van der Waals surface area contributed by atoms with E-state index in [2.05, 4.69) is 20.9 Å². The van der Waals surface area contributed by atoms with E-state index in [0.29, 0.717) is 21.1 Å². The third kappa shape index (κ3) is 2.28. The summed E-state index contributed by atoms with van der Waals surface area (Å²) >= 11 is 3.10. The number of oxazole rings is 1. The van der Waals surface area contributed by atoms with E-state index in [1.807, 2.05) is 0 Å². The Hall–Kier alpha value is -1.92. The summed E-state index contributed by atoms with van der Waals surface area (Å²) < 4.78 is 18.9. The zero-order chi connectivity index (χ0) is 14.3. The first-order valence-electron chi connectivity index (χ1n) is 5.88. The molecule has 0 aliphatic carbocycles. The van der Waals surface area contributed by atoms with Gasteiger partial charge < -0.3 is 10.2 Å². The Bertz CT molecular complexity index is 841. The lowest BCUT2D eigenvalue weighted by molar-refractivity contribution is 0.555. The van der Waals surface area contributed by atoms with Crippen LogP contribution >= 0.6 is 15.9 Å². The maximum absolute atomic E-state index is 13.5. The van der Waals surface area contributed by atoms with Crippen molar-refractivity contribution >= 4 is 27.0 Å². The quantitative estimate of drug-likeness (QED) is 0.755. The zero-order valence-corrected chi connectivity index (χ0v) is 11.8. The maximum atomic E-state index is 13.5. The highest BCUT2D eigenvalue weighted by Crippen LogP contribution is 2.25. The molecule has 0 aliphatic rings. The molecule has 1 unspecified atom stereocenters. The highest BCUT2D eigenvalue weighted by molar-refractivity contribution is 9.10. The van der Waals surface area contributed by atoms with E-state index in [-0.39, 0.29) is 5.82 Å². The van der Waals surface area contributed by atoms with E-state index in [4.69, 9.17) is 10.2 Å².